The number of carbonyl (C=O) groups excluding carboxylic acids is 1. The third kappa shape index (κ3) is 2.34. The largest absolute Gasteiger partial charge is 0.337 e. The molecule has 0 saturated heterocycles. The fourth-order valence-corrected chi connectivity index (χ4v) is 2.28. The third-order valence-corrected chi connectivity index (χ3v) is 3.36. The first kappa shape index (κ1) is 12.1. The Hall–Kier alpha value is -1.35. The number of rotatable bonds is 3. The van der Waals surface area contributed by atoms with Crippen LogP contribution in [0.15, 0.2) is 18.2 Å². The van der Waals surface area contributed by atoms with E-state index >= 15 is 0 Å². The van der Waals surface area contributed by atoms with E-state index in [0.29, 0.717) is 19.0 Å². The lowest BCUT2D eigenvalue weighted by atomic mass is 9.93. The van der Waals surface area contributed by atoms with Gasteiger partial charge in [0.15, 0.2) is 0 Å². The van der Waals surface area contributed by atoms with Crippen LogP contribution in [0.5, 0.6) is 0 Å². The highest BCUT2D eigenvalue weighted by Crippen LogP contribution is 2.23. The van der Waals surface area contributed by atoms with Crippen molar-refractivity contribution in [2.24, 2.45) is 5.73 Å². The van der Waals surface area contributed by atoms with Gasteiger partial charge in [-0.15, -0.1) is 0 Å². The van der Waals surface area contributed by atoms with E-state index in [1.54, 1.807) is 0 Å². The van der Waals surface area contributed by atoms with Crippen LogP contribution < -0.4 is 5.73 Å². The van der Waals surface area contributed by atoms with E-state index in [9.17, 15) is 4.79 Å². The summed E-state index contributed by atoms with van der Waals surface area (Å²) in [6, 6.07) is 6.21. The second-order valence-electron chi connectivity index (χ2n) is 4.90. The van der Waals surface area contributed by atoms with Gasteiger partial charge in [-0.05, 0) is 29.5 Å². The fourth-order valence-electron chi connectivity index (χ4n) is 2.28. The van der Waals surface area contributed by atoms with Gasteiger partial charge in [0.05, 0.1) is 0 Å². The van der Waals surface area contributed by atoms with Gasteiger partial charge in [-0.1, -0.05) is 26.0 Å². The summed E-state index contributed by atoms with van der Waals surface area (Å²) >= 11 is 0. The summed E-state index contributed by atoms with van der Waals surface area (Å²) in [5.74, 6) is 0.643. The topological polar surface area (TPSA) is 46.3 Å². The minimum Gasteiger partial charge on any atom is -0.337 e. The van der Waals surface area contributed by atoms with Crippen molar-refractivity contribution in [1.82, 2.24) is 4.90 Å². The molecule has 1 heterocycles. The number of fused-ring (bicyclic) bond motifs is 1. The van der Waals surface area contributed by atoms with E-state index in [1.165, 1.54) is 11.1 Å². The van der Waals surface area contributed by atoms with Gasteiger partial charge in [0.2, 0.25) is 0 Å². The molecule has 0 aliphatic carbocycles. The Kier molecular flexibility index (Phi) is 3.48. The highest BCUT2D eigenvalue weighted by atomic mass is 16.2. The summed E-state index contributed by atoms with van der Waals surface area (Å²) in [6.07, 6.45) is 0.946. The van der Waals surface area contributed by atoms with Crippen LogP contribution in [0.2, 0.25) is 0 Å². The van der Waals surface area contributed by atoms with E-state index in [4.69, 9.17) is 5.73 Å². The Balaban J connectivity index is 2.29. The van der Waals surface area contributed by atoms with Gasteiger partial charge < -0.3 is 10.6 Å². The molecule has 2 N–H and O–H groups in total. The Bertz CT molecular complexity index is 426. The molecule has 0 bridgehead atoms. The number of benzene rings is 1. The molecule has 92 valence electrons. The van der Waals surface area contributed by atoms with Gasteiger partial charge in [0.25, 0.3) is 5.91 Å². The van der Waals surface area contributed by atoms with Crippen LogP contribution in [0.25, 0.3) is 0 Å². The maximum atomic E-state index is 12.2. The van der Waals surface area contributed by atoms with Crippen molar-refractivity contribution in [3.05, 3.63) is 34.9 Å². The summed E-state index contributed by atoms with van der Waals surface area (Å²) in [4.78, 5) is 14.0. The van der Waals surface area contributed by atoms with Gasteiger partial charge in [0.1, 0.15) is 0 Å². The van der Waals surface area contributed by atoms with Crippen molar-refractivity contribution in [3.8, 4) is 0 Å². The Morgan fingerprint density at radius 1 is 1.41 bits per heavy atom. The standard InChI is InChI=1S/C14H20N2O/c1-10(2)11-3-4-13-12(9-11)5-7-16(8-6-15)14(13)17/h3-4,9-10H,5-8,15H2,1-2H3. The van der Waals surface area contributed by atoms with Gasteiger partial charge in [0, 0.05) is 25.2 Å². The van der Waals surface area contributed by atoms with Crippen LogP contribution in [-0.4, -0.2) is 30.4 Å². The van der Waals surface area contributed by atoms with E-state index in [2.05, 4.69) is 26.0 Å². The molecule has 1 aliphatic heterocycles. The zero-order valence-corrected chi connectivity index (χ0v) is 10.6. The molecular formula is C14H20N2O. The zero-order chi connectivity index (χ0) is 12.4. The molecule has 1 aliphatic rings. The lowest BCUT2D eigenvalue weighted by Gasteiger charge is -2.28. The minimum atomic E-state index is 0.131. The molecule has 0 fully saturated rings. The van der Waals surface area contributed by atoms with Crippen molar-refractivity contribution in [1.29, 1.82) is 0 Å². The lowest BCUT2D eigenvalue weighted by molar-refractivity contribution is 0.0745. The van der Waals surface area contributed by atoms with Crippen LogP contribution in [0.1, 0.15) is 41.3 Å². The first-order chi connectivity index (χ1) is 8.13. The van der Waals surface area contributed by atoms with Gasteiger partial charge >= 0.3 is 0 Å². The molecule has 0 spiro atoms. The van der Waals surface area contributed by atoms with E-state index in [-0.39, 0.29) is 5.91 Å². The molecule has 3 heteroatoms. The first-order valence-corrected chi connectivity index (χ1v) is 6.25. The number of hydrogen-bond acceptors (Lipinski definition) is 2. The second kappa shape index (κ2) is 4.88. The van der Waals surface area contributed by atoms with Crippen molar-refractivity contribution >= 4 is 5.91 Å². The van der Waals surface area contributed by atoms with Crippen molar-refractivity contribution in [3.63, 3.8) is 0 Å². The molecule has 0 atom stereocenters. The van der Waals surface area contributed by atoms with Crippen LogP contribution in [0, 0.1) is 0 Å². The molecule has 17 heavy (non-hydrogen) atoms. The third-order valence-electron chi connectivity index (χ3n) is 3.36. The van der Waals surface area contributed by atoms with E-state index in [0.717, 1.165) is 18.5 Å². The maximum Gasteiger partial charge on any atom is 0.254 e. The molecule has 2 rings (SSSR count). The molecule has 0 radical (unpaired) electrons. The summed E-state index contributed by atoms with van der Waals surface area (Å²) in [6.45, 7) is 6.33. The predicted molar refractivity (Wildman–Crippen MR) is 69.2 cm³/mol. The monoisotopic (exact) mass is 232 g/mol. The quantitative estimate of drug-likeness (QED) is 0.863. The van der Waals surface area contributed by atoms with Gasteiger partial charge in [-0.2, -0.15) is 0 Å². The van der Waals surface area contributed by atoms with Crippen LogP contribution in [-0.2, 0) is 6.42 Å². The van der Waals surface area contributed by atoms with Crippen molar-refractivity contribution in [2.45, 2.75) is 26.2 Å². The zero-order valence-electron chi connectivity index (χ0n) is 10.6. The van der Waals surface area contributed by atoms with E-state index in [1.807, 2.05) is 11.0 Å². The number of amides is 1. The van der Waals surface area contributed by atoms with Crippen molar-refractivity contribution < 1.29 is 4.79 Å². The molecule has 0 saturated carbocycles. The smallest absolute Gasteiger partial charge is 0.254 e. The normalized spacial score (nSPS) is 15.3. The molecule has 0 aromatic heterocycles. The van der Waals surface area contributed by atoms with Crippen LogP contribution in [0.4, 0.5) is 0 Å². The number of nitrogens with zero attached hydrogens (tertiary/aromatic N) is 1. The number of hydrogen-bond donors (Lipinski definition) is 1. The van der Waals surface area contributed by atoms with Crippen LogP contribution >= 0.6 is 0 Å². The average Bonchev–Trinajstić information content (AvgIpc) is 2.32. The minimum absolute atomic E-state index is 0.131. The molecule has 0 unspecified atom stereocenters. The number of nitrogens with two attached hydrogens (primary N) is 1. The lowest BCUT2D eigenvalue weighted by Crippen LogP contribution is -2.40. The molecule has 1 amide bonds. The first-order valence-electron chi connectivity index (χ1n) is 6.25. The average molecular weight is 232 g/mol. The van der Waals surface area contributed by atoms with Gasteiger partial charge in [-0.25, -0.2) is 0 Å². The Morgan fingerprint density at radius 2 is 2.18 bits per heavy atom. The highest BCUT2D eigenvalue weighted by Gasteiger charge is 2.23. The summed E-state index contributed by atoms with van der Waals surface area (Å²) in [7, 11) is 0. The predicted octanol–water partition coefficient (Wildman–Crippen LogP) is 1.77. The molecular weight excluding hydrogens is 212 g/mol. The summed E-state index contributed by atoms with van der Waals surface area (Å²) in [5.41, 5.74) is 8.87. The number of carbonyl (C=O) groups is 1. The van der Waals surface area contributed by atoms with Crippen molar-refractivity contribution in [2.75, 3.05) is 19.6 Å². The Labute approximate surface area is 103 Å². The summed E-state index contributed by atoms with van der Waals surface area (Å²) < 4.78 is 0. The molecule has 3 nitrogen and oxygen atoms in total. The van der Waals surface area contributed by atoms with Crippen LogP contribution in [0.3, 0.4) is 0 Å². The highest BCUT2D eigenvalue weighted by molar-refractivity contribution is 5.96. The second-order valence-corrected chi connectivity index (χ2v) is 4.90. The fraction of sp³-hybridized carbons (Fsp3) is 0.500. The summed E-state index contributed by atoms with van der Waals surface area (Å²) in [5, 5.41) is 0. The Morgan fingerprint density at radius 3 is 2.82 bits per heavy atom. The van der Waals surface area contributed by atoms with Gasteiger partial charge in [-0.3, -0.25) is 4.79 Å². The maximum absolute atomic E-state index is 12.2. The SMILES string of the molecule is CC(C)c1ccc2c(c1)CCN(CCN)C2=O. The molecule has 1 aromatic carbocycles. The van der Waals surface area contributed by atoms with E-state index < -0.39 is 0 Å². The molecule has 1 aromatic rings.